The van der Waals surface area contributed by atoms with Crippen LogP contribution in [0.2, 0.25) is 0 Å². The summed E-state index contributed by atoms with van der Waals surface area (Å²) in [4.78, 5) is 92.6. The van der Waals surface area contributed by atoms with Crippen molar-refractivity contribution in [3.8, 4) is 11.3 Å². The number of piperidine rings is 3. The highest BCUT2D eigenvalue weighted by atomic mass is 19.1. The second kappa shape index (κ2) is 19.9. The molecular formula is C59H64FN11O5. The number of likely N-dealkylation sites (tertiary alicyclic amines) is 2. The first-order valence-corrected chi connectivity index (χ1v) is 27.2. The predicted octanol–water partition coefficient (Wildman–Crippen LogP) is 8.37. The molecule has 0 bridgehead atoms. The van der Waals surface area contributed by atoms with Gasteiger partial charge in [-0.25, -0.2) is 19.3 Å². The smallest absolute Gasteiger partial charge is 0.254 e. The lowest BCUT2D eigenvalue weighted by Gasteiger charge is -2.48. The van der Waals surface area contributed by atoms with Crippen LogP contribution in [-0.2, 0) is 19.8 Å². The third-order valence-electron chi connectivity index (χ3n) is 17.2. The number of rotatable bonds is 10. The molecule has 4 saturated heterocycles. The van der Waals surface area contributed by atoms with Crippen LogP contribution in [0.5, 0.6) is 0 Å². The summed E-state index contributed by atoms with van der Waals surface area (Å²) in [6, 6.07) is 26.0. The van der Waals surface area contributed by atoms with Crippen LogP contribution in [0.3, 0.4) is 0 Å². The number of benzene rings is 3. The van der Waals surface area contributed by atoms with E-state index in [4.69, 9.17) is 9.97 Å². The van der Waals surface area contributed by atoms with Crippen LogP contribution in [0.1, 0.15) is 122 Å². The molecule has 392 valence electrons. The topological polar surface area (TPSA) is 169 Å². The van der Waals surface area contributed by atoms with E-state index >= 15 is 9.18 Å². The van der Waals surface area contributed by atoms with Crippen LogP contribution in [0.4, 0.5) is 27.4 Å². The van der Waals surface area contributed by atoms with Gasteiger partial charge in [-0.05, 0) is 145 Å². The number of pyridine rings is 2. The van der Waals surface area contributed by atoms with Crippen molar-refractivity contribution < 1.29 is 28.4 Å². The van der Waals surface area contributed by atoms with E-state index in [0.717, 1.165) is 65.2 Å². The van der Waals surface area contributed by atoms with Gasteiger partial charge in [0.25, 0.3) is 11.8 Å². The molecule has 2 atom stereocenters. The third-order valence-corrected chi connectivity index (χ3v) is 17.2. The lowest BCUT2D eigenvalue weighted by molar-refractivity contribution is -0.134. The molecule has 6 aromatic rings. The average molecular weight is 1030 g/mol. The molecule has 1 aliphatic carbocycles. The molecule has 8 heterocycles. The maximum Gasteiger partial charge on any atom is 0.254 e. The van der Waals surface area contributed by atoms with Crippen molar-refractivity contribution in [3.63, 3.8) is 0 Å². The Labute approximate surface area is 441 Å². The average Bonchev–Trinajstić information content (AvgIpc) is 3.99. The highest BCUT2D eigenvalue weighted by Gasteiger charge is 2.56. The van der Waals surface area contributed by atoms with Gasteiger partial charge in [-0.1, -0.05) is 36.8 Å². The maximum absolute atomic E-state index is 15.3. The van der Waals surface area contributed by atoms with Gasteiger partial charge in [-0.15, -0.1) is 0 Å². The maximum atomic E-state index is 15.3. The Morgan fingerprint density at radius 2 is 1.57 bits per heavy atom. The Morgan fingerprint density at radius 3 is 2.26 bits per heavy atom. The van der Waals surface area contributed by atoms with Gasteiger partial charge in [0, 0.05) is 91.9 Å². The first kappa shape index (κ1) is 49.4. The van der Waals surface area contributed by atoms with E-state index < -0.39 is 11.3 Å². The molecule has 3 aromatic carbocycles. The van der Waals surface area contributed by atoms with E-state index in [1.807, 2.05) is 45.6 Å². The predicted molar refractivity (Wildman–Crippen MR) is 288 cm³/mol. The highest BCUT2D eigenvalue weighted by Crippen LogP contribution is 2.52. The molecule has 16 nitrogen and oxygen atoms in total. The van der Waals surface area contributed by atoms with Crippen molar-refractivity contribution in [1.29, 1.82) is 0 Å². The molecule has 2 N–H and O–H groups in total. The summed E-state index contributed by atoms with van der Waals surface area (Å²) in [6.07, 6.45) is 10.8. The van der Waals surface area contributed by atoms with Crippen LogP contribution in [0.15, 0.2) is 97.5 Å². The molecule has 1 saturated carbocycles. The van der Waals surface area contributed by atoms with Gasteiger partial charge in [-0.2, -0.15) is 0 Å². The summed E-state index contributed by atoms with van der Waals surface area (Å²) in [6.45, 7) is 10.8. The van der Waals surface area contributed by atoms with Gasteiger partial charge in [0.1, 0.15) is 17.2 Å². The van der Waals surface area contributed by atoms with Crippen LogP contribution in [0, 0.1) is 5.82 Å². The molecule has 3 aromatic heterocycles. The van der Waals surface area contributed by atoms with Gasteiger partial charge in [-0.3, -0.25) is 29.3 Å². The number of amides is 5. The minimum Gasteiger partial charge on any atom is -0.353 e. The van der Waals surface area contributed by atoms with Crippen molar-refractivity contribution in [2.45, 2.75) is 114 Å². The Kier molecular flexibility index (Phi) is 12.9. The minimum atomic E-state index is -0.794. The van der Waals surface area contributed by atoms with Gasteiger partial charge >= 0.3 is 0 Å². The van der Waals surface area contributed by atoms with E-state index in [2.05, 4.69) is 56.3 Å². The number of aromatic nitrogens is 4. The summed E-state index contributed by atoms with van der Waals surface area (Å²) in [7, 11) is 0. The van der Waals surface area contributed by atoms with Crippen molar-refractivity contribution in [3.05, 3.63) is 126 Å². The zero-order valence-corrected chi connectivity index (χ0v) is 43.4. The van der Waals surface area contributed by atoms with E-state index in [9.17, 15) is 19.2 Å². The van der Waals surface area contributed by atoms with E-state index in [1.165, 1.54) is 25.3 Å². The number of imidazole rings is 1. The number of para-hydroxylation sites is 1. The molecule has 76 heavy (non-hydrogen) atoms. The lowest BCUT2D eigenvalue weighted by Crippen LogP contribution is -2.58. The number of carbonyl (C=O) groups excluding carboxylic acids is 5. The van der Waals surface area contributed by atoms with Crippen molar-refractivity contribution >= 4 is 63.6 Å². The number of hydrogen-bond acceptors (Lipinski definition) is 11. The number of hydrogen-bond donors (Lipinski definition) is 2. The van der Waals surface area contributed by atoms with Gasteiger partial charge in [0.2, 0.25) is 17.7 Å². The Bertz CT molecular complexity index is 3250. The fraction of sp³-hybridized carbons (Fsp3) is 0.424. The van der Waals surface area contributed by atoms with Crippen LogP contribution < -0.4 is 20.4 Å². The number of anilines is 4. The fourth-order valence-corrected chi connectivity index (χ4v) is 12.8. The van der Waals surface area contributed by atoms with E-state index in [1.54, 1.807) is 55.0 Å². The van der Waals surface area contributed by atoms with Gasteiger partial charge < -0.3 is 34.4 Å². The molecule has 17 heteroatoms. The fourth-order valence-electron chi connectivity index (χ4n) is 12.8. The Balaban J connectivity index is 0.748. The number of fused-ring (bicyclic) bond motifs is 3. The normalized spacial score (nSPS) is 22.8. The molecule has 5 amide bonds. The van der Waals surface area contributed by atoms with Crippen LogP contribution in [-0.4, -0.2) is 128 Å². The molecule has 5 fully saturated rings. The van der Waals surface area contributed by atoms with Gasteiger partial charge in [0.05, 0.1) is 34.6 Å². The second-order valence-electron chi connectivity index (χ2n) is 22.1. The Hall–Kier alpha value is -7.53. The summed E-state index contributed by atoms with van der Waals surface area (Å²) in [5, 5.41) is 5.69. The molecular weight excluding hydrogens is 962 g/mol. The van der Waals surface area contributed by atoms with Crippen molar-refractivity contribution in [2.75, 3.05) is 60.9 Å². The highest BCUT2D eigenvalue weighted by molar-refractivity contribution is 6.10. The largest absolute Gasteiger partial charge is 0.353 e. The number of carbonyl (C=O) groups is 5. The second-order valence-corrected chi connectivity index (χ2v) is 22.1. The zero-order valence-electron chi connectivity index (χ0n) is 43.4. The number of imide groups is 1. The van der Waals surface area contributed by atoms with E-state index in [-0.39, 0.29) is 53.5 Å². The SMILES string of the molecule is CC(C)n1cnc2cc(-c3ccc4c(c3)N([C@H]3C[C@@H](N5CCCCC5)C3)C(=O)C43CCN(C(=O)c4ccc(C(=O)N5CCN(c6ccc(C7CCC(=O)NC7=O)cn6)C[C@H]5C)cc4)CC3)nc(Nc3ccccc3F)c21. The number of piperazine rings is 1. The molecule has 12 rings (SSSR count). The summed E-state index contributed by atoms with van der Waals surface area (Å²) in [5.74, 6) is -0.207. The number of nitrogens with one attached hydrogen (secondary N) is 2. The summed E-state index contributed by atoms with van der Waals surface area (Å²) in [5.41, 5.74) is 6.16. The quantitative estimate of drug-likeness (QED) is 0.127. The molecule has 6 aliphatic rings. The summed E-state index contributed by atoms with van der Waals surface area (Å²) >= 11 is 0. The molecule has 1 unspecified atom stereocenters. The zero-order chi connectivity index (χ0) is 52.4. The lowest BCUT2D eigenvalue weighted by atomic mass is 9.73. The summed E-state index contributed by atoms with van der Waals surface area (Å²) < 4.78 is 17.1. The first-order valence-electron chi connectivity index (χ1n) is 27.2. The van der Waals surface area contributed by atoms with E-state index in [0.29, 0.717) is 92.8 Å². The van der Waals surface area contributed by atoms with Crippen LogP contribution >= 0.6 is 0 Å². The van der Waals surface area contributed by atoms with Crippen LogP contribution in [0.25, 0.3) is 22.3 Å². The molecule has 1 spiro atoms. The molecule has 5 aliphatic heterocycles. The first-order chi connectivity index (χ1) is 36.8. The standard InChI is InChI=1S/C59H64FN11O5/c1-36(2)70-35-62-49-32-48(64-54(53(49)70)63-47-10-6-5-9-46(47)60)40-15-18-45-50(29-40)71(43-30-42(31-43)66-23-7-4-8-24-66)58(76)59(45)21-25-67(26-22-59)56(74)38-11-13-39(14-12-38)57(75)69-28-27-68(34-37(69)3)51-19-16-41(33-61-51)44-17-20-52(72)65-55(44)73/h5-6,9-16,18-19,29,32-33,35-37,42-44H,4,7-8,17,20-28,30-31,34H2,1-3H3,(H,63,64)(H,65,72,73)/t37-,42-,43+,44?/m1/s1. The number of halogens is 1. The molecule has 0 radical (unpaired) electrons. The van der Waals surface area contributed by atoms with Crippen molar-refractivity contribution in [1.82, 2.24) is 39.5 Å². The van der Waals surface area contributed by atoms with Gasteiger partial charge in [0.15, 0.2) is 5.82 Å². The monoisotopic (exact) mass is 1030 g/mol. The third kappa shape index (κ3) is 8.85. The van der Waals surface area contributed by atoms with Crippen molar-refractivity contribution in [2.24, 2.45) is 0 Å². The Morgan fingerprint density at radius 1 is 0.816 bits per heavy atom. The number of nitrogens with zero attached hydrogens (tertiary/aromatic N) is 9. The minimum absolute atomic E-state index is 0.0546.